The second-order valence-electron chi connectivity index (χ2n) is 14.6. The Morgan fingerprint density at radius 2 is 1.59 bits per heavy atom. The van der Waals surface area contributed by atoms with Crippen molar-refractivity contribution >= 4 is 41.5 Å². The van der Waals surface area contributed by atoms with Crippen LogP contribution in [0.25, 0.3) is 11.1 Å². The lowest BCUT2D eigenvalue weighted by Gasteiger charge is -2.30. The van der Waals surface area contributed by atoms with Crippen molar-refractivity contribution in [3.63, 3.8) is 0 Å². The molecule has 2 fully saturated rings. The number of benzene rings is 2. The zero-order valence-corrected chi connectivity index (χ0v) is 31.8. The van der Waals surface area contributed by atoms with E-state index >= 15 is 0 Å². The Morgan fingerprint density at radius 1 is 0.929 bits per heavy atom. The first kappa shape index (κ1) is 41.4. The number of hydrogen-bond donors (Lipinski definition) is 6. The zero-order valence-electron chi connectivity index (χ0n) is 31.8. The Bertz CT molecular complexity index is 1780. The molecule has 0 spiro atoms. The lowest BCUT2D eigenvalue weighted by Crippen LogP contribution is -2.57. The molecule has 0 aromatic heterocycles. The third-order valence-corrected chi connectivity index (χ3v) is 10.8. The first-order valence-electron chi connectivity index (χ1n) is 19.4. The first-order chi connectivity index (χ1) is 27.0. The smallest absolute Gasteiger partial charge is 0.407 e. The number of rotatable bonds is 10. The van der Waals surface area contributed by atoms with Gasteiger partial charge in [0.2, 0.25) is 17.7 Å². The Balaban J connectivity index is 1.35. The standard InChI is InChI=1S/C41H53N7O8/c1-2-3-17-32-36(50)45-31(19-10-21-44-40(42)43)35(49)23-25(39(53)54)12-4-9-18-33(38(52)48-22-11-20-34(48)37(51)46-32)47-41(55)56-24-30-28-15-7-5-13-26(28)27-14-6-8-16-29(27)30/h2-3,5-8,13-16,25,30-34H,4,9-12,17-24H2,1H3,(H,45,50)(H,46,51)(H,47,55)(H,53,54)(H4,42,43,44)/t25-,31+,32+,33+,34?/m1/s1. The molecule has 8 N–H and O–H groups in total. The predicted molar refractivity (Wildman–Crippen MR) is 209 cm³/mol. The minimum Gasteiger partial charge on any atom is -0.481 e. The van der Waals surface area contributed by atoms with E-state index in [0.29, 0.717) is 32.1 Å². The highest BCUT2D eigenvalue weighted by molar-refractivity contribution is 5.96. The molecular weight excluding hydrogens is 718 g/mol. The summed E-state index contributed by atoms with van der Waals surface area (Å²) in [6.07, 6.45) is 4.68. The topological polar surface area (TPSA) is 236 Å². The van der Waals surface area contributed by atoms with E-state index in [1.165, 1.54) is 4.90 Å². The van der Waals surface area contributed by atoms with E-state index in [9.17, 15) is 33.9 Å². The molecule has 0 radical (unpaired) electrons. The Labute approximate surface area is 326 Å². The number of nitrogens with one attached hydrogen (secondary N) is 3. The fourth-order valence-electron chi connectivity index (χ4n) is 7.84. The average Bonchev–Trinajstić information content (AvgIpc) is 3.80. The number of Topliss-reactive ketones (excluding diaryl/α,β-unsaturated/α-hetero) is 1. The second kappa shape index (κ2) is 19.7. The van der Waals surface area contributed by atoms with Crippen LogP contribution in [-0.4, -0.2) is 95.4 Å². The number of fused-ring (bicyclic) bond motifs is 4. The van der Waals surface area contributed by atoms with Gasteiger partial charge in [0, 0.05) is 25.4 Å². The monoisotopic (exact) mass is 771 g/mol. The Morgan fingerprint density at radius 3 is 2.25 bits per heavy atom. The van der Waals surface area contributed by atoms with Gasteiger partial charge in [-0.2, -0.15) is 0 Å². The van der Waals surface area contributed by atoms with Gasteiger partial charge >= 0.3 is 12.1 Å². The number of amides is 4. The summed E-state index contributed by atoms with van der Waals surface area (Å²) >= 11 is 0. The summed E-state index contributed by atoms with van der Waals surface area (Å²) in [5, 5.41) is 18.4. The van der Waals surface area contributed by atoms with E-state index in [2.05, 4.69) is 20.9 Å². The van der Waals surface area contributed by atoms with Gasteiger partial charge in [0.05, 0.1) is 12.0 Å². The summed E-state index contributed by atoms with van der Waals surface area (Å²) in [5.74, 6) is -4.64. The maximum absolute atomic E-state index is 14.2. The van der Waals surface area contributed by atoms with Gasteiger partial charge in [-0.05, 0) is 74.1 Å². The third-order valence-electron chi connectivity index (χ3n) is 10.8. The molecule has 4 amide bonds. The zero-order chi connectivity index (χ0) is 40.2. The molecule has 1 aliphatic carbocycles. The summed E-state index contributed by atoms with van der Waals surface area (Å²) in [7, 11) is 0. The maximum Gasteiger partial charge on any atom is 0.407 e. The Hall–Kier alpha value is -5.73. The summed E-state index contributed by atoms with van der Waals surface area (Å²) < 4.78 is 5.77. The number of carboxylic acid groups (broad SMARTS) is 1. The minimum absolute atomic E-state index is 0.0365. The van der Waals surface area contributed by atoms with Crippen LogP contribution in [0.1, 0.15) is 88.2 Å². The van der Waals surface area contributed by atoms with Crippen molar-refractivity contribution < 1.29 is 38.6 Å². The quantitative estimate of drug-likeness (QED) is 0.0894. The molecular formula is C41H53N7O8. The number of allylic oxidation sites excluding steroid dienone is 1. The largest absolute Gasteiger partial charge is 0.481 e. The molecule has 2 aromatic carbocycles. The summed E-state index contributed by atoms with van der Waals surface area (Å²) in [6, 6.07) is 11.8. The lowest BCUT2D eigenvalue weighted by atomic mass is 9.91. The van der Waals surface area contributed by atoms with Crippen LogP contribution >= 0.6 is 0 Å². The van der Waals surface area contributed by atoms with Crippen LogP contribution < -0.4 is 27.4 Å². The van der Waals surface area contributed by atoms with Crippen molar-refractivity contribution in [1.82, 2.24) is 20.9 Å². The van der Waals surface area contributed by atoms with Crippen molar-refractivity contribution in [2.45, 2.75) is 101 Å². The highest BCUT2D eigenvalue weighted by atomic mass is 16.5. The molecule has 2 heterocycles. The fourth-order valence-corrected chi connectivity index (χ4v) is 7.84. The maximum atomic E-state index is 14.2. The minimum atomic E-state index is -1.16. The van der Waals surface area contributed by atoms with E-state index in [1.807, 2.05) is 48.5 Å². The van der Waals surface area contributed by atoms with Crippen LogP contribution in [0, 0.1) is 5.92 Å². The molecule has 2 aliphatic heterocycles. The van der Waals surface area contributed by atoms with Crippen molar-refractivity contribution in [3.05, 3.63) is 71.8 Å². The number of nitrogens with two attached hydrogens (primary N) is 2. The van der Waals surface area contributed by atoms with Crippen LogP contribution in [0.5, 0.6) is 0 Å². The molecule has 56 heavy (non-hydrogen) atoms. The molecule has 0 bridgehead atoms. The van der Waals surface area contributed by atoms with Crippen LogP contribution in [0.15, 0.2) is 65.7 Å². The normalized spacial score (nSPS) is 23.7. The molecule has 3 aliphatic rings. The molecule has 1 unspecified atom stereocenters. The van der Waals surface area contributed by atoms with E-state index < -0.39 is 65.7 Å². The highest BCUT2D eigenvalue weighted by Crippen LogP contribution is 2.44. The molecule has 0 saturated carbocycles. The molecule has 15 heteroatoms. The van der Waals surface area contributed by atoms with Gasteiger partial charge in [-0.15, -0.1) is 0 Å². The van der Waals surface area contributed by atoms with E-state index in [-0.39, 0.29) is 63.7 Å². The van der Waals surface area contributed by atoms with E-state index in [4.69, 9.17) is 16.2 Å². The van der Waals surface area contributed by atoms with Gasteiger partial charge in [0.15, 0.2) is 11.7 Å². The first-order valence-corrected chi connectivity index (χ1v) is 19.4. The van der Waals surface area contributed by atoms with E-state index in [1.54, 1.807) is 19.1 Å². The molecule has 5 atom stereocenters. The van der Waals surface area contributed by atoms with Crippen LogP contribution in [0.4, 0.5) is 4.79 Å². The SMILES string of the molecule is CC=CC[C@@H]1NC(=O)C2CCCN2C(=O)[C@@H](NC(=O)OCC2c3ccccc3-c3ccccc32)CCCC[C@@H](C(=O)O)CC(=O)[C@H](CCCN=C(N)N)NC1=O. The number of hydrogen-bond acceptors (Lipinski definition) is 8. The summed E-state index contributed by atoms with van der Waals surface area (Å²) in [5.41, 5.74) is 15.1. The van der Waals surface area contributed by atoms with Gasteiger partial charge in [-0.1, -0.05) is 73.5 Å². The summed E-state index contributed by atoms with van der Waals surface area (Å²) in [6.45, 7) is 2.26. The second-order valence-corrected chi connectivity index (χ2v) is 14.6. The number of ketones is 1. The highest BCUT2D eigenvalue weighted by Gasteiger charge is 2.40. The number of carbonyl (C=O) groups is 6. The third kappa shape index (κ3) is 10.5. The number of aliphatic carboxylic acids is 1. The number of carbonyl (C=O) groups excluding carboxylic acids is 5. The predicted octanol–water partition coefficient (Wildman–Crippen LogP) is 3.11. The molecule has 5 rings (SSSR count). The van der Waals surface area contributed by atoms with E-state index in [0.717, 1.165) is 22.3 Å². The molecule has 2 aromatic rings. The molecule has 2 saturated heterocycles. The summed E-state index contributed by atoms with van der Waals surface area (Å²) in [4.78, 5) is 86.5. The van der Waals surface area contributed by atoms with Gasteiger partial charge in [-0.25, -0.2) is 4.79 Å². The molecule has 15 nitrogen and oxygen atoms in total. The van der Waals surface area contributed by atoms with Crippen molar-refractivity contribution in [2.24, 2.45) is 22.4 Å². The number of guanidine groups is 1. The van der Waals surface area contributed by atoms with Crippen molar-refractivity contribution in [2.75, 3.05) is 19.7 Å². The number of alkyl carbamates (subject to hydrolysis) is 1. The van der Waals surface area contributed by atoms with Crippen molar-refractivity contribution in [3.8, 4) is 11.1 Å². The van der Waals surface area contributed by atoms with Crippen LogP contribution in [0.3, 0.4) is 0 Å². The van der Waals surface area contributed by atoms with Crippen LogP contribution in [-0.2, 0) is 28.7 Å². The van der Waals surface area contributed by atoms with Gasteiger partial charge in [-0.3, -0.25) is 29.0 Å². The number of nitrogens with zero attached hydrogens (tertiary/aromatic N) is 2. The fraction of sp³-hybridized carbons (Fsp3) is 0.488. The number of aliphatic imine (C=N–C) groups is 1. The van der Waals surface area contributed by atoms with Crippen molar-refractivity contribution in [1.29, 1.82) is 0 Å². The van der Waals surface area contributed by atoms with Gasteiger partial charge in [0.1, 0.15) is 24.7 Å². The Kier molecular flexibility index (Phi) is 14.6. The number of carboxylic acids is 1. The van der Waals surface area contributed by atoms with Gasteiger partial charge < -0.3 is 42.2 Å². The number of ether oxygens (including phenoxy) is 1. The lowest BCUT2D eigenvalue weighted by molar-refractivity contribution is -0.144. The van der Waals surface area contributed by atoms with Crippen LogP contribution in [0.2, 0.25) is 0 Å². The molecule has 300 valence electrons. The average molecular weight is 772 g/mol. The van der Waals surface area contributed by atoms with Gasteiger partial charge in [0.25, 0.3) is 0 Å².